The van der Waals surface area contributed by atoms with Gasteiger partial charge in [-0.3, -0.25) is 9.59 Å². The van der Waals surface area contributed by atoms with Crippen LogP contribution in [0.4, 0.5) is 0 Å². The molecule has 5 heteroatoms. The lowest BCUT2D eigenvalue weighted by Crippen LogP contribution is -2.10. The molecule has 0 saturated carbocycles. The molecular weight excluding hydrogens is 172 g/mol. The van der Waals surface area contributed by atoms with Gasteiger partial charge in [-0.1, -0.05) is 11.6 Å². The highest BCUT2D eigenvalue weighted by Gasteiger charge is 2.08. The fourth-order valence-corrected chi connectivity index (χ4v) is 0.548. The second-order valence-corrected chi connectivity index (χ2v) is 2.54. The second kappa shape index (κ2) is 4.96. The molecule has 0 saturated heterocycles. The van der Waals surface area contributed by atoms with Crippen LogP contribution in [0, 0.1) is 0 Å². The van der Waals surface area contributed by atoms with Crippen LogP contribution in [0.25, 0.3) is 0 Å². The Morgan fingerprint density at radius 1 is 1.55 bits per heavy atom. The van der Waals surface area contributed by atoms with Gasteiger partial charge in [0.25, 0.3) is 0 Å². The molecule has 11 heavy (non-hydrogen) atoms. The number of hydrogen-bond acceptors (Lipinski definition) is 3. The lowest BCUT2D eigenvalue weighted by molar-refractivity contribution is -0.148. The molecule has 64 valence electrons. The highest BCUT2D eigenvalue weighted by Crippen LogP contribution is 2.00. The summed E-state index contributed by atoms with van der Waals surface area (Å²) in [7, 11) is 0. The summed E-state index contributed by atoms with van der Waals surface area (Å²) in [6.45, 7) is 1.49. The van der Waals surface area contributed by atoms with Gasteiger partial charge in [-0.05, 0) is 6.92 Å². The number of carbonyl (C=O) groups excluding carboxylic acids is 1. The van der Waals surface area contributed by atoms with E-state index in [9.17, 15) is 9.59 Å². The standard InChI is InChI=1S/C6H9ClO4/c1-4(7)11-6(10)3-2-5(8)9/h4H,2-3H2,1H3,(H,8,9). The number of alkyl halides is 1. The largest absolute Gasteiger partial charge is 0.481 e. The van der Waals surface area contributed by atoms with E-state index in [4.69, 9.17) is 16.7 Å². The zero-order valence-corrected chi connectivity index (χ0v) is 6.80. The van der Waals surface area contributed by atoms with Crippen LogP contribution in [0.3, 0.4) is 0 Å². The van der Waals surface area contributed by atoms with Crippen molar-refractivity contribution in [2.75, 3.05) is 0 Å². The van der Waals surface area contributed by atoms with Gasteiger partial charge in [-0.2, -0.15) is 0 Å². The molecule has 0 spiro atoms. The summed E-state index contributed by atoms with van der Waals surface area (Å²) < 4.78 is 4.46. The van der Waals surface area contributed by atoms with Gasteiger partial charge in [-0.15, -0.1) is 0 Å². The normalized spacial score (nSPS) is 12.2. The summed E-state index contributed by atoms with van der Waals surface area (Å²) in [5, 5.41) is 8.16. The fourth-order valence-electron chi connectivity index (χ4n) is 0.449. The van der Waals surface area contributed by atoms with E-state index < -0.39 is 17.5 Å². The zero-order valence-electron chi connectivity index (χ0n) is 6.04. The molecule has 0 aromatic carbocycles. The van der Waals surface area contributed by atoms with E-state index in [2.05, 4.69) is 4.74 Å². The van der Waals surface area contributed by atoms with E-state index in [-0.39, 0.29) is 12.8 Å². The highest BCUT2D eigenvalue weighted by molar-refractivity contribution is 6.19. The predicted molar refractivity (Wildman–Crippen MR) is 38.3 cm³/mol. The maximum atomic E-state index is 10.6. The quantitative estimate of drug-likeness (QED) is 0.518. The zero-order chi connectivity index (χ0) is 8.85. The number of ether oxygens (including phenoxy) is 1. The van der Waals surface area contributed by atoms with Crippen LogP contribution in [-0.4, -0.2) is 22.6 Å². The molecule has 1 N–H and O–H groups in total. The fraction of sp³-hybridized carbons (Fsp3) is 0.667. The first kappa shape index (κ1) is 10.2. The SMILES string of the molecule is CC(Cl)OC(=O)CCC(=O)O. The molecule has 0 aromatic heterocycles. The molecule has 0 rings (SSSR count). The second-order valence-electron chi connectivity index (χ2n) is 1.93. The molecule has 0 amide bonds. The molecular formula is C6H9ClO4. The van der Waals surface area contributed by atoms with Gasteiger partial charge < -0.3 is 9.84 Å². The summed E-state index contributed by atoms with van der Waals surface area (Å²) in [6, 6.07) is 0. The van der Waals surface area contributed by atoms with E-state index >= 15 is 0 Å². The number of aliphatic carboxylic acids is 1. The number of carboxylic acids is 1. The van der Waals surface area contributed by atoms with Gasteiger partial charge in [0, 0.05) is 0 Å². The molecule has 0 fully saturated rings. The topological polar surface area (TPSA) is 63.6 Å². The number of esters is 1. The summed E-state index contributed by atoms with van der Waals surface area (Å²) in [5.41, 5.74) is -0.698. The lowest BCUT2D eigenvalue weighted by Gasteiger charge is -2.03. The summed E-state index contributed by atoms with van der Waals surface area (Å²) in [4.78, 5) is 20.5. The molecule has 0 aliphatic carbocycles. The third kappa shape index (κ3) is 7.12. The number of carbonyl (C=O) groups is 2. The Bertz CT molecular complexity index is 155. The van der Waals surface area contributed by atoms with Crippen LogP contribution in [0.5, 0.6) is 0 Å². The first-order chi connectivity index (χ1) is 5.02. The summed E-state index contributed by atoms with van der Waals surface area (Å²) >= 11 is 5.30. The van der Waals surface area contributed by atoms with Gasteiger partial charge in [0.15, 0.2) is 5.56 Å². The van der Waals surface area contributed by atoms with Crippen molar-refractivity contribution in [2.45, 2.75) is 25.3 Å². The summed E-state index contributed by atoms with van der Waals surface area (Å²) in [6.07, 6.45) is -0.352. The number of hydrogen-bond donors (Lipinski definition) is 1. The molecule has 1 unspecified atom stereocenters. The number of halogens is 1. The van der Waals surface area contributed by atoms with Crippen LogP contribution in [0.1, 0.15) is 19.8 Å². The third-order valence-corrected chi connectivity index (χ3v) is 0.926. The van der Waals surface area contributed by atoms with Gasteiger partial charge in [0.2, 0.25) is 0 Å². The predicted octanol–water partition coefficient (Wildman–Crippen LogP) is 0.979. The maximum absolute atomic E-state index is 10.6. The molecule has 1 atom stereocenters. The Balaban J connectivity index is 3.45. The van der Waals surface area contributed by atoms with Crippen molar-refractivity contribution >= 4 is 23.5 Å². The minimum atomic E-state index is -1.02. The smallest absolute Gasteiger partial charge is 0.307 e. The third-order valence-electron chi connectivity index (χ3n) is 0.837. The molecule has 0 aromatic rings. The first-order valence-electron chi connectivity index (χ1n) is 3.07. The maximum Gasteiger partial charge on any atom is 0.307 e. The van der Waals surface area contributed by atoms with Crippen molar-refractivity contribution < 1.29 is 19.4 Å². The van der Waals surface area contributed by atoms with Crippen LogP contribution >= 0.6 is 11.6 Å². The van der Waals surface area contributed by atoms with Crippen molar-refractivity contribution in [3.8, 4) is 0 Å². The molecule has 4 nitrogen and oxygen atoms in total. The van der Waals surface area contributed by atoms with Gasteiger partial charge in [0.05, 0.1) is 12.8 Å². The van der Waals surface area contributed by atoms with Crippen molar-refractivity contribution in [2.24, 2.45) is 0 Å². The molecule has 0 heterocycles. The van der Waals surface area contributed by atoms with Gasteiger partial charge in [-0.25, -0.2) is 0 Å². The molecule has 0 aliphatic heterocycles. The minimum Gasteiger partial charge on any atom is -0.481 e. The Morgan fingerprint density at radius 3 is 2.45 bits per heavy atom. The van der Waals surface area contributed by atoms with E-state index in [0.717, 1.165) is 0 Å². The number of carboxylic acid groups (broad SMARTS) is 1. The van der Waals surface area contributed by atoms with Gasteiger partial charge >= 0.3 is 11.9 Å². The van der Waals surface area contributed by atoms with Crippen LogP contribution in [0.15, 0.2) is 0 Å². The van der Waals surface area contributed by atoms with Crippen LogP contribution in [-0.2, 0) is 14.3 Å². The van der Waals surface area contributed by atoms with E-state index in [0.29, 0.717) is 0 Å². The average molecular weight is 181 g/mol. The van der Waals surface area contributed by atoms with Crippen molar-refractivity contribution in [3.05, 3.63) is 0 Å². The van der Waals surface area contributed by atoms with Crippen LogP contribution < -0.4 is 0 Å². The van der Waals surface area contributed by atoms with Crippen molar-refractivity contribution in [3.63, 3.8) is 0 Å². The summed E-state index contributed by atoms with van der Waals surface area (Å²) in [5.74, 6) is -1.61. The van der Waals surface area contributed by atoms with E-state index in [1.165, 1.54) is 6.92 Å². The monoisotopic (exact) mass is 180 g/mol. The van der Waals surface area contributed by atoms with E-state index in [1.54, 1.807) is 0 Å². The Kier molecular flexibility index (Phi) is 4.61. The van der Waals surface area contributed by atoms with Gasteiger partial charge in [0.1, 0.15) is 0 Å². The minimum absolute atomic E-state index is 0.133. The number of rotatable bonds is 4. The Morgan fingerprint density at radius 2 is 2.09 bits per heavy atom. The van der Waals surface area contributed by atoms with Crippen LogP contribution in [0.2, 0.25) is 0 Å². The highest BCUT2D eigenvalue weighted by atomic mass is 35.5. The Labute approximate surface area is 69.1 Å². The molecule has 0 radical (unpaired) electrons. The van der Waals surface area contributed by atoms with Crippen molar-refractivity contribution in [1.82, 2.24) is 0 Å². The lowest BCUT2D eigenvalue weighted by atomic mass is 10.3. The molecule has 0 aliphatic rings. The first-order valence-corrected chi connectivity index (χ1v) is 3.51. The Hall–Kier alpha value is -0.770. The van der Waals surface area contributed by atoms with E-state index in [1.807, 2.05) is 0 Å². The molecule has 0 bridgehead atoms. The van der Waals surface area contributed by atoms with Crippen molar-refractivity contribution in [1.29, 1.82) is 0 Å². The average Bonchev–Trinajstić information content (AvgIpc) is 1.82.